The molecule has 0 atom stereocenters. The Morgan fingerprint density at radius 3 is 2.47 bits per heavy atom. The van der Waals surface area contributed by atoms with Crippen molar-refractivity contribution in [1.29, 1.82) is 0 Å². The highest BCUT2D eigenvalue weighted by atomic mass is 16.5. The fourth-order valence-corrected chi connectivity index (χ4v) is 3.22. The molecule has 3 aromatic rings. The van der Waals surface area contributed by atoms with Crippen LogP contribution in [0.3, 0.4) is 0 Å². The zero-order valence-electron chi connectivity index (χ0n) is 16.1. The van der Waals surface area contributed by atoms with E-state index in [0.29, 0.717) is 11.3 Å². The lowest BCUT2D eigenvalue weighted by Crippen LogP contribution is -2.25. The highest BCUT2D eigenvalue weighted by Crippen LogP contribution is 2.31. The van der Waals surface area contributed by atoms with E-state index in [9.17, 15) is 14.4 Å². The van der Waals surface area contributed by atoms with E-state index in [1.54, 1.807) is 18.2 Å². The first-order valence-corrected chi connectivity index (χ1v) is 9.21. The van der Waals surface area contributed by atoms with Gasteiger partial charge in [-0.2, -0.15) is 0 Å². The van der Waals surface area contributed by atoms with Crippen LogP contribution < -0.4 is 10.1 Å². The molecule has 1 heterocycles. The standard InChI is InChI=1S/C23H18N2O5/c1-25-21(26)19(24-23(25)29)12-18-17-5-3-2-4-15(17)10-11-20(18)30-13-14-6-8-16(9-7-14)22(27)28/h2-12H,13H2,1H3,(H,24,29)(H,27,28)/b19-12+. The molecule has 7 nitrogen and oxygen atoms in total. The van der Waals surface area contributed by atoms with Crippen molar-refractivity contribution in [2.75, 3.05) is 7.05 Å². The molecule has 3 aromatic carbocycles. The third-order valence-corrected chi connectivity index (χ3v) is 4.90. The highest BCUT2D eigenvalue weighted by molar-refractivity contribution is 6.14. The van der Waals surface area contributed by atoms with Crippen molar-refractivity contribution < 1.29 is 24.2 Å². The Bertz CT molecular complexity index is 1200. The molecule has 0 unspecified atom stereocenters. The number of benzene rings is 3. The molecule has 1 aliphatic rings. The number of carboxylic acids is 1. The number of nitrogens with one attached hydrogen (secondary N) is 1. The van der Waals surface area contributed by atoms with Crippen molar-refractivity contribution in [3.05, 3.63) is 83.1 Å². The molecule has 0 saturated carbocycles. The van der Waals surface area contributed by atoms with Gasteiger partial charge in [-0.1, -0.05) is 42.5 Å². The van der Waals surface area contributed by atoms with Crippen LogP contribution in [-0.4, -0.2) is 35.0 Å². The fourth-order valence-electron chi connectivity index (χ4n) is 3.22. The summed E-state index contributed by atoms with van der Waals surface area (Å²) < 4.78 is 6.00. The second kappa shape index (κ2) is 7.71. The van der Waals surface area contributed by atoms with Crippen LogP contribution in [0.25, 0.3) is 16.8 Å². The van der Waals surface area contributed by atoms with E-state index in [2.05, 4.69) is 5.32 Å². The minimum Gasteiger partial charge on any atom is -0.488 e. The van der Waals surface area contributed by atoms with Crippen LogP contribution in [0, 0.1) is 0 Å². The first kappa shape index (κ1) is 19.2. The van der Waals surface area contributed by atoms with E-state index in [1.165, 1.54) is 19.2 Å². The third kappa shape index (κ3) is 3.60. The van der Waals surface area contributed by atoms with Gasteiger partial charge in [0.1, 0.15) is 18.1 Å². The summed E-state index contributed by atoms with van der Waals surface area (Å²) in [4.78, 5) is 36.1. The second-order valence-electron chi connectivity index (χ2n) is 6.84. The van der Waals surface area contributed by atoms with Gasteiger partial charge >= 0.3 is 12.0 Å². The average Bonchev–Trinajstić information content (AvgIpc) is 3.00. The number of hydrogen-bond acceptors (Lipinski definition) is 4. The summed E-state index contributed by atoms with van der Waals surface area (Å²) in [7, 11) is 1.42. The van der Waals surface area contributed by atoms with Crippen molar-refractivity contribution in [2.24, 2.45) is 0 Å². The van der Waals surface area contributed by atoms with Gasteiger partial charge in [0.15, 0.2) is 0 Å². The van der Waals surface area contributed by atoms with Gasteiger partial charge in [-0.25, -0.2) is 9.59 Å². The summed E-state index contributed by atoms with van der Waals surface area (Å²) >= 11 is 0. The van der Waals surface area contributed by atoms with Crippen LogP contribution in [0.5, 0.6) is 5.75 Å². The number of amides is 3. The summed E-state index contributed by atoms with van der Waals surface area (Å²) in [6.45, 7) is 0.217. The molecule has 1 aliphatic heterocycles. The number of aromatic carboxylic acids is 1. The molecule has 1 fully saturated rings. The summed E-state index contributed by atoms with van der Waals surface area (Å²) in [6.07, 6.45) is 1.62. The average molecular weight is 402 g/mol. The normalized spacial score (nSPS) is 15.0. The number of ether oxygens (including phenoxy) is 1. The molecule has 0 aliphatic carbocycles. The predicted octanol–water partition coefficient (Wildman–Crippen LogP) is 3.64. The topological polar surface area (TPSA) is 95.9 Å². The SMILES string of the molecule is CN1C(=O)N/C(=C/c2c(OCc3ccc(C(=O)O)cc3)ccc3ccccc23)C1=O. The van der Waals surface area contributed by atoms with Gasteiger partial charge in [0.05, 0.1) is 5.56 Å². The fraction of sp³-hybridized carbons (Fsp3) is 0.0870. The summed E-state index contributed by atoms with van der Waals surface area (Å²) in [5.41, 5.74) is 1.86. The zero-order valence-corrected chi connectivity index (χ0v) is 16.1. The number of likely N-dealkylation sites (N-methyl/N-ethyl adjacent to an activating group) is 1. The van der Waals surface area contributed by atoms with Gasteiger partial charge in [-0.15, -0.1) is 0 Å². The molecule has 1 saturated heterocycles. The van der Waals surface area contributed by atoms with Crippen LogP contribution in [0.15, 0.2) is 66.4 Å². The molecule has 3 amide bonds. The lowest BCUT2D eigenvalue weighted by atomic mass is 10.0. The molecular weight excluding hydrogens is 384 g/mol. The largest absolute Gasteiger partial charge is 0.488 e. The number of rotatable bonds is 5. The van der Waals surface area contributed by atoms with Crippen LogP contribution in [0.4, 0.5) is 4.79 Å². The van der Waals surface area contributed by atoms with Gasteiger partial charge in [-0.05, 0) is 40.6 Å². The Hall–Kier alpha value is -4.13. The summed E-state index contributed by atoms with van der Waals surface area (Å²) in [5, 5.41) is 13.4. The molecule has 0 radical (unpaired) electrons. The molecule has 30 heavy (non-hydrogen) atoms. The van der Waals surface area contributed by atoms with Crippen molar-refractivity contribution in [3.8, 4) is 5.75 Å². The molecule has 0 bridgehead atoms. The molecular formula is C23H18N2O5. The Morgan fingerprint density at radius 1 is 1.07 bits per heavy atom. The summed E-state index contributed by atoms with van der Waals surface area (Å²) in [5.74, 6) is -0.859. The van der Waals surface area contributed by atoms with Gasteiger partial charge in [0, 0.05) is 12.6 Å². The zero-order chi connectivity index (χ0) is 21.3. The predicted molar refractivity (Wildman–Crippen MR) is 111 cm³/mol. The maximum absolute atomic E-state index is 12.3. The van der Waals surface area contributed by atoms with Gasteiger partial charge in [0.2, 0.25) is 0 Å². The van der Waals surface area contributed by atoms with Crippen molar-refractivity contribution >= 4 is 34.8 Å². The van der Waals surface area contributed by atoms with E-state index in [4.69, 9.17) is 9.84 Å². The van der Waals surface area contributed by atoms with E-state index in [0.717, 1.165) is 21.2 Å². The molecule has 7 heteroatoms. The van der Waals surface area contributed by atoms with Crippen molar-refractivity contribution in [3.63, 3.8) is 0 Å². The lowest BCUT2D eigenvalue weighted by Gasteiger charge is -2.13. The first-order valence-electron chi connectivity index (χ1n) is 9.21. The molecule has 0 spiro atoms. The Labute approximate surface area is 172 Å². The van der Waals surface area contributed by atoms with Crippen molar-refractivity contribution in [2.45, 2.75) is 6.61 Å². The monoisotopic (exact) mass is 402 g/mol. The molecule has 150 valence electrons. The number of imide groups is 1. The number of carboxylic acid groups (broad SMARTS) is 1. The quantitative estimate of drug-likeness (QED) is 0.502. The van der Waals surface area contributed by atoms with Crippen molar-refractivity contribution in [1.82, 2.24) is 10.2 Å². The molecule has 2 N–H and O–H groups in total. The van der Waals surface area contributed by atoms with Gasteiger partial charge in [0.25, 0.3) is 5.91 Å². The second-order valence-corrected chi connectivity index (χ2v) is 6.84. The maximum Gasteiger partial charge on any atom is 0.335 e. The van der Waals surface area contributed by atoms with Gasteiger partial charge < -0.3 is 15.2 Å². The number of urea groups is 1. The van der Waals surface area contributed by atoms with E-state index >= 15 is 0 Å². The minimum atomic E-state index is -0.987. The lowest BCUT2D eigenvalue weighted by molar-refractivity contribution is -0.121. The number of hydrogen-bond donors (Lipinski definition) is 2. The molecule has 0 aromatic heterocycles. The Kier molecular flexibility index (Phi) is 4.93. The maximum atomic E-state index is 12.3. The van der Waals surface area contributed by atoms with E-state index in [-0.39, 0.29) is 17.9 Å². The van der Waals surface area contributed by atoms with E-state index in [1.807, 2.05) is 36.4 Å². The number of carbonyl (C=O) groups excluding carboxylic acids is 2. The Balaban J connectivity index is 1.69. The summed E-state index contributed by atoms with van der Waals surface area (Å²) in [6, 6.07) is 17.4. The number of nitrogens with zero attached hydrogens (tertiary/aromatic N) is 1. The van der Waals surface area contributed by atoms with Crippen LogP contribution in [0.1, 0.15) is 21.5 Å². The number of carbonyl (C=O) groups is 3. The van der Waals surface area contributed by atoms with Crippen LogP contribution >= 0.6 is 0 Å². The Morgan fingerprint density at radius 2 is 1.80 bits per heavy atom. The number of fused-ring (bicyclic) bond motifs is 1. The van der Waals surface area contributed by atoms with Gasteiger partial charge in [-0.3, -0.25) is 9.69 Å². The van der Waals surface area contributed by atoms with Crippen LogP contribution in [0.2, 0.25) is 0 Å². The third-order valence-electron chi connectivity index (χ3n) is 4.90. The molecule has 4 rings (SSSR count). The van der Waals surface area contributed by atoms with Crippen LogP contribution in [-0.2, 0) is 11.4 Å². The smallest absolute Gasteiger partial charge is 0.335 e. The minimum absolute atomic E-state index is 0.175. The first-order chi connectivity index (χ1) is 14.4. The highest BCUT2D eigenvalue weighted by Gasteiger charge is 2.30. The van der Waals surface area contributed by atoms with E-state index < -0.39 is 17.9 Å².